The van der Waals surface area contributed by atoms with Gasteiger partial charge in [0.2, 0.25) is 12.2 Å². The highest BCUT2D eigenvalue weighted by molar-refractivity contribution is 5.88. The molecule has 0 saturated carbocycles. The van der Waals surface area contributed by atoms with Crippen molar-refractivity contribution in [2.24, 2.45) is 21.5 Å². The maximum absolute atomic E-state index is 9.63. The summed E-state index contributed by atoms with van der Waals surface area (Å²) in [7, 11) is 0. The second-order valence-corrected chi connectivity index (χ2v) is 3.95. The summed E-state index contributed by atoms with van der Waals surface area (Å²) in [5.41, 5.74) is 8.72. The van der Waals surface area contributed by atoms with Gasteiger partial charge < -0.3 is 21.7 Å². The molecule has 0 rings (SSSR count). The number of isocyanates is 2. The minimum absolute atomic E-state index is 0.556. The van der Waals surface area contributed by atoms with Gasteiger partial charge >= 0.3 is 24.2 Å². The Morgan fingerprint density at radius 2 is 1.04 bits per heavy atom. The molecule has 0 atom stereocenters. The number of urea groups is 2. The van der Waals surface area contributed by atoms with Crippen molar-refractivity contribution in [3.63, 3.8) is 0 Å². The number of carbonyl (C=O) groups excluding carboxylic acids is 4. The first-order chi connectivity index (χ1) is 12.2. The molecule has 0 aromatic rings. The van der Waals surface area contributed by atoms with Crippen LogP contribution < -0.4 is 22.1 Å². The zero-order valence-corrected chi connectivity index (χ0v) is 13.6. The second-order valence-electron chi connectivity index (χ2n) is 3.95. The Hall–Kier alpha value is -3.76. The Morgan fingerprint density at radius 3 is 1.19 bits per heavy atom. The number of primary amides is 2. The normalized spacial score (nSPS) is 7.85. The van der Waals surface area contributed by atoms with Gasteiger partial charge in [-0.2, -0.15) is 0 Å². The third kappa shape index (κ3) is 42.7. The molecule has 0 aromatic heterocycles. The maximum Gasteiger partial charge on any atom is 0.412 e. The average Bonchev–Trinajstić information content (AvgIpc) is 2.48. The molecule has 0 bridgehead atoms. The molecule has 0 radical (unpaired) electrons. The van der Waals surface area contributed by atoms with Crippen molar-refractivity contribution in [2.45, 2.75) is 25.7 Å². The third-order valence-corrected chi connectivity index (χ3v) is 1.88. The molecule has 0 saturated heterocycles. The van der Waals surface area contributed by atoms with Gasteiger partial charge in [-0.3, -0.25) is 0 Å². The van der Waals surface area contributed by atoms with Gasteiger partial charge in [0, 0.05) is 0 Å². The van der Waals surface area contributed by atoms with Crippen molar-refractivity contribution in [3.05, 3.63) is 0 Å². The van der Waals surface area contributed by atoms with E-state index in [9.17, 15) is 28.8 Å². The van der Waals surface area contributed by atoms with Gasteiger partial charge in [0.15, 0.2) is 0 Å². The van der Waals surface area contributed by atoms with E-state index in [2.05, 4.69) is 21.5 Å². The summed E-state index contributed by atoms with van der Waals surface area (Å²) in [5, 5.41) is 18.1. The van der Waals surface area contributed by atoms with Crippen LogP contribution in [0.5, 0.6) is 0 Å². The number of unbranched alkanes of at least 4 members (excludes halogenated alkanes) is 3. The molecule has 0 aliphatic rings. The lowest BCUT2D eigenvalue weighted by Crippen LogP contribution is -2.33. The van der Waals surface area contributed by atoms with Crippen molar-refractivity contribution in [1.82, 2.24) is 10.6 Å². The summed E-state index contributed by atoms with van der Waals surface area (Å²) in [6, 6.07) is -2.13. The van der Waals surface area contributed by atoms with Crippen LogP contribution in [-0.2, 0) is 9.59 Å². The van der Waals surface area contributed by atoms with E-state index in [1.165, 1.54) is 22.8 Å². The highest BCUT2D eigenvalue weighted by atomic mass is 16.4. The van der Waals surface area contributed by atoms with Crippen molar-refractivity contribution in [2.75, 3.05) is 13.1 Å². The fourth-order valence-corrected chi connectivity index (χ4v) is 1.04. The molecule has 6 amide bonds. The summed E-state index contributed by atoms with van der Waals surface area (Å²) >= 11 is 0. The van der Waals surface area contributed by atoms with Gasteiger partial charge in [-0.15, -0.1) is 0 Å². The predicted molar refractivity (Wildman–Crippen MR) is 85.9 cm³/mol. The third-order valence-electron chi connectivity index (χ3n) is 1.88. The first kappa shape index (κ1) is 27.1. The number of hydrogen-bond acceptors (Lipinski definition) is 8. The molecule has 0 heterocycles. The van der Waals surface area contributed by atoms with E-state index in [0.29, 0.717) is 13.1 Å². The van der Waals surface area contributed by atoms with E-state index >= 15 is 0 Å². The number of amides is 6. The fourth-order valence-electron chi connectivity index (χ4n) is 1.04. The van der Waals surface area contributed by atoms with Crippen LogP contribution in [0.2, 0.25) is 0 Å². The summed E-state index contributed by atoms with van der Waals surface area (Å²) in [5.74, 6) is 0. The summed E-state index contributed by atoms with van der Waals surface area (Å²) < 4.78 is 0. The van der Waals surface area contributed by atoms with Crippen LogP contribution in [0.25, 0.3) is 0 Å². The summed E-state index contributed by atoms with van der Waals surface area (Å²) in [4.78, 5) is 64.0. The van der Waals surface area contributed by atoms with E-state index in [4.69, 9.17) is 10.2 Å². The van der Waals surface area contributed by atoms with Crippen LogP contribution >= 0.6 is 0 Å². The zero-order chi connectivity index (χ0) is 20.8. The number of hydrogen-bond donors (Lipinski definition) is 6. The molecule has 0 spiro atoms. The zero-order valence-electron chi connectivity index (χ0n) is 13.6. The first-order valence-corrected chi connectivity index (χ1v) is 6.83. The van der Waals surface area contributed by atoms with Gasteiger partial charge in [-0.1, -0.05) is 12.8 Å². The molecular weight excluding hydrogens is 356 g/mol. The Balaban J connectivity index is -0.000000326. The second kappa shape index (κ2) is 21.2. The quantitative estimate of drug-likeness (QED) is 0.198. The Bertz CT molecular complexity index is 468. The smallest absolute Gasteiger partial charge is 0.412 e. The number of nitrogens with two attached hydrogens (primary N) is 2. The highest BCUT2D eigenvalue weighted by Gasteiger charge is 1.95. The standard InChI is InChI=1S/C8H12N2O2.2C2H4N2O3/c11-7-9-5-3-1-2-4-6-10-8-12;2*3-1(5)4-2(6)7/h1-6H2;2*(H,6,7)(H3,3,4,5). The van der Waals surface area contributed by atoms with E-state index in [0.717, 1.165) is 25.7 Å². The number of nitrogens with one attached hydrogen (secondary N) is 2. The van der Waals surface area contributed by atoms with Gasteiger partial charge in [0.1, 0.15) is 0 Å². The Labute approximate surface area is 147 Å². The van der Waals surface area contributed by atoms with Crippen molar-refractivity contribution >= 4 is 36.4 Å². The monoisotopic (exact) mass is 376 g/mol. The van der Waals surface area contributed by atoms with E-state index in [1.54, 1.807) is 0 Å². The van der Waals surface area contributed by atoms with Crippen LogP contribution in [0.15, 0.2) is 9.98 Å². The number of rotatable bonds is 7. The number of carbonyl (C=O) groups is 4. The van der Waals surface area contributed by atoms with Crippen molar-refractivity contribution < 1.29 is 39.0 Å². The van der Waals surface area contributed by atoms with E-state index in [-0.39, 0.29) is 0 Å². The molecule has 0 unspecified atom stereocenters. The molecular formula is C12H20N6O8. The molecule has 0 fully saturated rings. The van der Waals surface area contributed by atoms with Gasteiger partial charge in [-0.05, 0) is 12.8 Å². The Kier molecular flexibility index (Phi) is 22.1. The van der Waals surface area contributed by atoms with E-state index in [1.807, 2.05) is 0 Å². The highest BCUT2D eigenvalue weighted by Crippen LogP contribution is 1.99. The van der Waals surface area contributed by atoms with Gasteiger partial charge in [0.05, 0.1) is 13.1 Å². The lowest BCUT2D eigenvalue weighted by atomic mass is 10.2. The number of aliphatic imine (C=N–C) groups is 2. The largest absolute Gasteiger partial charge is 0.465 e. The Morgan fingerprint density at radius 1 is 0.731 bits per heavy atom. The number of imide groups is 2. The van der Waals surface area contributed by atoms with Crippen LogP contribution in [0.4, 0.5) is 19.2 Å². The van der Waals surface area contributed by atoms with Gasteiger partial charge in [0.25, 0.3) is 0 Å². The maximum atomic E-state index is 9.63. The number of nitrogens with zero attached hydrogens (tertiary/aromatic N) is 2. The average molecular weight is 376 g/mol. The molecule has 14 nitrogen and oxygen atoms in total. The number of carboxylic acid groups (broad SMARTS) is 2. The predicted octanol–water partition coefficient (Wildman–Crippen LogP) is -0.116. The molecule has 146 valence electrons. The van der Waals surface area contributed by atoms with Crippen molar-refractivity contribution in [3.8, 4) is 0 Å². The van der Waals surface area contributed by atoms with Crippen LogP contribution in [0.3, 0.4) is 0 Å². The SMILES string of the molecule is NC(=O)NC(=O)O.NC(=O)NC(=O)O.O=C=NCCCCCCN=C=O. The van der Waals surface area contributed by atoms with Crippen LogP contribution in [0.1, 0.15) is 25.7 Å². The van der Waals surface area contributed by atoms with Gasteiger partial charge in [-0.25, -0.2) is 49.4 Å². The topological polar surface area (TPSA) is 244 Å². The van der Waals surface area contributed by atoms with Crippen LogP contribution in [0, 0.1) is 0 Å². The molecule has 8 N–H and O–H groups in total. The lowest BCUT2D eigenvalue weighted by Gasteiger charge is -1.93. The molecule has 0 aromatic carbocycles. The fraction of sp³-hybridized carbons (Fsp3) is 0.500. The first-order valence-electron chi connectivity index (χ1n) is 6.83. The molecule has 0 aliphatic carbocycles. The minimum Gasteiger partial charge on any atom is -0.465 e. The molecule has 26 heavy (non-hydrogen) atoms. The van der Waals surface area contributed by atoms with Crippen molar-refractivity contribution in [1.29, 1.82) is 0 Å². The minimum atomic E-state index is -1.44. The summed E-state index contributed by atoms with van der Waals surface area (Å²) in [6.45, 7) is 1.11. The lowest BCUT2D eigenvalue weighted by molar-refractivity contribution is 0.191. The molecule has 0 aliphatic heterocycles. The molecule has 14 heteroatoms. The van der Waals surface area contributed by atoms with Crippen LogP contribution in [-0.4, -0.2) is 59.7 Å². The summed E-state index contributed by atoms with van der Waals surface area (Å²) in [6.07, 6.45) is 3.93. The van der Waals surface area contributed by atoms with E-state index < -0.39 is 24.2 Å².